The molecule has 0 saturated carbocycles. The van der Waals surface area contributed by atoms with Gasteiger partial charge < -0.3 is 15.2 Å². The van der Waals surface area contributed by atoms with Gasteiger partial charge in [-0.15, -0.1) is 11.6 Å². The van der Waals surface area contributed by atoms with Crippen molar-refractivity contribution in [2.24, 2.45) is 0 Å². The second-order valence-corrected chi connectivity index (χ2v) is 3.07. The Balaban J connectivity index is 2.33. The quantitative estimate of drug-likeness (QED) is 0.509. The zero-order valence-corrected chi connectivity index (χ0v) is 6.23. The Labute approximate surface area is 64.4 Å². The molecule has 0 radical (unpaired) electrons. The SMILES string of the molecule is O=C([O-])C1CCC(Cl)CN1. The van der Waals surface area contributed by atoms with Crippen LogP contribution in [0.15, 0.2) is 0 Å². The lowest BCUT2D eigenvalue weighted by Gasteiger charge is -2.26. The van der Waals surface area contributed by atoms with Gasteiger partial charge in [-0.3, -0.25) is 0 Å². The van der Waals surface area contributed by atoms with Crippen molar-refractivity contribution in [3.05, 3.63) is 0 Å². The minimum Gasteiger partial charge on any atom is -0.548 e. The summed E-state index contributed by atoms with van der Waals surface area (Å²) in [6.45, 7) is 0.570. The van der Waals surface area contributed by atoms with Gasteiger partial charge in [-0.2, -0.15) is 0 Å². The largest absolute Gasteiger partial charge is 0.548 e. The number of carboxylic acid groups (broad SMARTS) is 1. The van der Waals surface area contributed by atoms with Crippen LogP contribution in [-0.2, 0) is 4.79 Å². The van der Waals surface area contributed by atoms with Crippen molar-refractivity contribution in [3.8, 4) is 0 Å². The van der Waals surface area contributed by atoms with Gasteiger partial charge in [0.15, 0.2) is 0 Å². The minimum atomic E-state index is -1.02. The molecule has 2 unspecified atom stereocenters. The molecule has 0 aliphatic carbocycles. The van der Waals surface area contributed by atoms with Gasteiger partial charge >= 0.3 is 0 Å². The van der Waals surface area contributed by atoms with Gasteiger partial charge in [0.05, 0.1) is 5.97 Å². The first-order chi connectivity index (χ1) is 4.70. The van der Waals surface area contributed by atoms with Gasteiger partial charge in [0.1, 0.15) is 0 Å². The van der Waals surface area contributed by atoms with Crippen molar-refractivity contribution in [3.63, 3.8) is 0 Å². The summed E-state index contributed by atoms with van der Waals surface area (Å²) in [5.41, 5.74) is 0. The lowest BCUT2D eigenvalue weighted by atomic mass is 10.1. The Morgan fingerprint density at radius 2 is 2.30 bits per heavy atom. The molecule has 1 saturated heterocycles. The number of alkyl halides is 1. The number of rotatable bonds is 1. The van der Waals surface area contributed by atoms with Crippen LogP contribution in [0.4, 0.5) is 0 Å². The Morgan fingerprint density at radius 1 is 1.60 bits per heavy atom. The highest BCUT2D eigenvalue weighted by Gasteiger charge is 2.18. The van der Waals surface area contributed by atoms with Crippen molar-refractivity contribution < 1.29 is 9.90 Å². The van der Waals surface area contributed by atoms with Crippen LogP contribution >= 0.6 is 11.6 Å². The van der Waals surface area contributed by atoms with Crippen LogP contribution in [0, 0.1) is 0 Å². The van der Waals surface area contributed by atoms with E-state index in [1.807, 2.05) is 0 Å². The molecule has 0 spiro atoms. The summed E-state index contributed by atoms with van der Waals surface area (Å²) in [4.78, 5) is 10.2. The van der Waals surface area contributed by atoms with Crippen molar-refractivity contribution in [2.75, 3.05) is 6.54 Å². The fourth-order valence-corrected chi connectivity index (χ4v) is 1.24. The van der Waals surface area contributed by atoms with Crippen molar-refractivity contribution >= 4 is 17.6 Å². The average Bonchev–Trinajstić information content (AvgIpc) is 1.88. The monoisotopic (exact) mass is 162 g/mol. The maximum Gasteiger partial charge on any atom is 0.0584 e. The van der Waals surface area contributed by atoms with Gasteiger partial charge in [-0.1, -0.05) is 0 Å². The molecule has 4 heteroatoms. The summed E-state index contributed by atoms with van der Waals surface area (Å²) in [5, 5.41) is 13.1. The number of hydrogen-bond acceptors (Lipinski definition) is 3. The first-order valence-corrected chi connectivity index (χ1v) is 3.72. The summed E-state index contributed by atoms with van der Waals surface area (Å²) in [6.07, 6.45) is 1.34. The summed E-state index contributed by atoms with van der Waals surface area (Å²) in [6, 6.07) is -0.491. The topological polar surface area (TPSA) is 52.2 Å². The maximum atomic E-state index is 10.2. The fourth-order valence-electron chi connectivity index (χ4n) is 1.02. The van der Waals surface area contributed by atoms with Crippen LogP contribution in [0.5, 0.6) is 0 Å². The molecule has 0 aromatic heterocycles. The van der Waals surface area contributed by atoms with Gasteiger partial charge in [0.2, 0.25) is 0 Å². The predicted octanol–water partition coefficient (Wildman–Crippen LogP) is -0.904. The first-order valence-electron chi connectivity index (χ1n) is 3.28. The van der Waals surface area contributed by atoms with E-state index < -0.39 is 12.0 Å². The lowest BCUT2D eigenvalue weighted by Crippen LogP contribution is -2.50. The highest BCUT2D eigenvalue weighted by atomic mass is 35.5. The van der Waals surface area contributed by atoms with E-state index in [-0.39, 0.29) is 5.38 Å². The zero-order valence-electron chi connectivity index (χ0n) is 5.47. The Hall–Kier alpha value is -0.280. The summed E-state index contributed by atoms with van der Waals surface area (Å²) < 4.78 is 0. The third kappa shape index (κ3) is 1.85. The van der Waals surface area contributed by atoms with Crippen molar-refractivity contribution in [1.29, 1.82) is 0 Å². The molecular formula is C6H9ClNO2-. The molecule has 1 aliphatic rings. The molecule has 1 rings (SSSR count). The molecule has 1 aliphatic heterocycles. The molecule has 0 amide bonds. The standard InChI is InChI=1S/C6H10ClNO2/c7-4-1-2-5(6(9)10)8-3-4/h4-5,8H,1-3H2,(H,9,10)/p-1. The normalized spacial score (nSPS) is 33.7. The van der Waals surface area contributed by atoms with Crippen molar-refractivity contribution in [2.45, 2.75) is 24.3 Å². The van der Waals surface area contributed by atoms with E-state index in [2.05, 4.69) is 5.32 Å². The Kier molecular flexibility index (Phi) is 2.51. The molecule has 3 nitrogen and oxygen atoms in total. The Bertz CT molecular complexity index is 132. The summed E-state index contributed by atoms with van der Waals surface area (Å²) in [5.74, 6) is -1.02. The number of carbonyl (C=O) groups is 1. The minimum absolute atomic E-state index is 0.0793. The zero-order chi connectivity index (χ0) is 7.56. The van der Waals surface area contributed by atoms with Crippen LogP contribution in [0.2, 0.25) is 0 Å². The van der Waals surface area contributed by atoms with E-state index in [0.717, 1.165) is 6.42 Å². The number of nitrogens with one attached hydrogen (secondary N) is 1. The highest BCUT2D eigenvalue weighted by Crippen LogP contribution is 2.12. The molecule has 0 bridgehead atoms. The number of hydrogen-bond donors (Lipinski definition) is 1. The summed E-state index contributed by atoms with van der Waals surface area (Å²) in [7, 11) is 0. The van der Waals surface area contributed by atoms with Crippen LogP contribution in [-0.4, -0.2) is 23.9 Å². The van der Waals surface area contributed by atoms with Crippen LogP contribution in [0.1, 0.15) is 12.8 Å². The lowest BCUT2D eigenvalue weighted by molar-refractivity contribution is -0.308. The molecule has 10 heavy (non-hydrogen) atoms. The molecule has 1 N–H and O–H groups in total. The molecule has 1 fully saturated rings. The second kappa shape index (κ2) is 3.21. The first kappa shape index (κ1) is 7.82. The second-order valence-electron chi connectivity index (χ2n) is 2.45. The van der Waals surface area contributed by atoms with Gasteiger partial charge in [0.25, 0.3) is 0 Å². The van der Waals surface area contributed by atoms with Crippen LogP contribution in [0.3, 0.4) is 0 Å². The molecular weight excluding hydrogens is 154 g/mol. The van der Waals surface area contributed by atoms with Gasteiger partial charge in [0, 0.05) is 18.0 Å². The Morgan fingerprint density at radius 3 is 2.70 bits per heavy atom. The van der Waals surface area contributed by atoms with E-state index in [0.29, 0.717) is 13.0 Å². The van der Waals surface area contributed by atoms with E-state index in [9.17, 15) is 9.90 Å². The maximum absolute atomic E-state index is 10.2. The van der Waals surface area contributed by atoms with Crippen LogP contribution in [0.25, 0.3) is 0 Å². The average molecular weight is 163 g/mol. The van der Waals surface area contributed by atoms with E-state index in [1.54, 1.807) is 0 Å². The third-order valence-electron chi connectivity index (χ3n) is 1.64. The highest BCUT2D eigenvalue weighted by molar-refractivity contribution is 6.20. The van der Waals surface area contributed by atoms with Crippen LogP contribution < -0.4 is 10.4 Å². The molecule has 58 valence electrons. The smallest absolute Gasteiger partial charge is 0.0584 e. The molecule has 0 aromatic carbocycles. The van der Waals surface area contributed by atoms with Gasteiger partial charge in [-0.25, -0.2) is 0 Å². The van der Waals surface area contributed by atoms with E-state index >= 15 is 0 Å². The number of aliphatic carboxylic acids is 1. The third-order valence-corrected chi connectivity index (χ3v) is 2.01. The predicted molar refractivity (Wildman–Crippen MR) is 35.7 cm³/mol. The molecule has 0 aromatic rings. The molecule has 2 atom stereocenters. The van der Waals surface area contributed by atoms with E-state index in [4.69, 9.17) is 11.6 Å². The number of carbonyl (C=O) groups excluding carboxylic acids is 1. The molecule has 1 heterocycles. The number of halogens is 1. The number of piperidine rings is 1. The van der Waals surface area contributed by atoms with Crippen molar-refractivity contribution in [1.82, 2.24) is 5.32 Å². The number of carboxylic acids is 1. The summed E-state index contributed by atoms with van der Waals surface area (Å²) >= 11 is 5.71. The fraction of sp³-hybridized carbons (Fsp3) is 0.833. The van der Waals surface area contributed by atoms with E-state index in [1.165, 1.54) is 0 Å². The van der Waals surface area contributed by atoms with Gasteiger partial charge in [-0.05, 0) is 12.8 Å².